The van der Waals surface area contributed by atoms with Gasteiger partial charge in [0.15, 0.2) is 0 Å². The van der Waals surface area contributed by atoms with Crippen LogP contribution in [0, 0.1) is 12.7 Å². The Morgan fingerprint density at radius 1 is 1.42 bits per heavy atom. The van der Waals surface area contributed by atoms with Crippen LogP contribution in [0.1, 0.15) is 25.3 Å². The number of benzene rings is 1. The minimum atomic E-state index is -0.228. The van der Waals surface area contributed by atoms with E-state index in [9.17, 15) is 4.39 Å². The average Bonchev–Trinajstić information content (AvgIpc) is 2.81. The van der Waals surface area contributed by atoms with Crippen LogP contribution < -0.4 is 5.32 Å². The summed E-state index contributed by atoms with van der Waals surface area (Å²) in [4.78, 5) is 4.33. The van der Waals surface area contributed by atoms with Gasteiger partial charge in [-0.3, -0.25) is 0 Å². The van der Waals surface area contributed by atoms with Crippen molar-refractivity contribution in [2.24, 2.45) is 0 Å². The highest BCUT2D eigenvalue weighted by Gasteiger charge is 2.12. The second kappa shape index (κ2) is 5.93. The molecule has 1 unspecified atom stereocenters. The van der Waals surface area contributed by atoms with E-state index in [1.807, 2.05) is 0 Å². The highest BCUT2D eigenvalue weighted by atomic mass is 19.1. The third-order valence-corrected chi connectivity index (χ3v) is 2.92. The zero-order valence-corrected chi connectivity index (χ0v) is 11.4. The van der Waals surface area contributed by atoms with E-state index in [-0.39, 0.29) is 11.9 Å². The zero-order chi connectivity index (χ0) is 13.8. The largest absolute Gasteiger partial charge is 0.339 e. The van der Waals surface area contributed by atoms with E-state index in [2.05, 4.69) is 29.3 Å². The first-order valence-electron chi connectivity index (χ1n) is 6.42. The minimum absolute atomic E-state index is 0.228. The summed E-state index contributed by atoms with van der Waals surface area (Å²) in [6.45, 7) is 6.73. The second-order valence-electron chi connectivity index (χ2n) is 4.64. The van der Waals surface area contributed by atoms with E-state index < -0.39 is 0 Å². The highest BCUT2D eigenvalue weighted by Crippen LogP contribution is 2.19. The number of likely N-dealkylation sites (N-methyl/N-ethyl adjacent to an activating group) is 1. The van der Waals surface area contributed by atoms with E-state index in [0.717, 1.165) is 12.1 Å². The molecule has 2 aromatic rings. The van der Waals surface area contributed by atoms with E-state index in [1.165, 1.54) is 6.07 Å². The van der Waals surface area contributed by atoms with Crippen LogP contribution in [0.3, 0.4) is 0 Å². The molecule has 5 heteroatoms. The van der Waals surface area contributed by atoms with Gasteiger partial charge in [-0.05, 0) is 44.2 Å². The fourth-order valence-corrected chi connectivity index (χ4v) is 1.92. The Hall–Kier alpha value is -1.75. The summed E-state index contributed by atoms with van der Waals surface area (Å²) in [6.07, 6.45) is 0.682. The number of nitrogens with one attached hydrogen (secondary N) is 1. The van der Waals surface area contributed by atoms with Crippen molar-refractivity contribution in [3.8, 4) is 11.4 Å². The standard InChI is InChI=1S/C14H18FN3O/c1-4-16-10(3)8-13-17-14(18-19-13)11-5-6-12(15)9(2)7-11/h5-7,10,16H,4,8H2,1-3H3. The fourth-order valence-electron chi connectivity index (χ4n) is 1.92. The quantitative estimate of drug-likeness (QED) is 0.901. The highest BCUT2D eigenvalue weighted by molar-refractivity contribution is 5.55. The Labute approximate surface area is 112 Å². The van der Waals surface area contributed by atoms with E-state index in [4.69, 9.17) is 4.52 Å². The van der Waals surface area contributed by atoms with Crippen LogP contribution >= 0.6 is 0 Å². The van der Waals surface area contributed by atoms with Crippen LogP contribution in [0.2, 0.25) is 0 Å². The number of aryl methyl sites for hydroxylation is 1. The molecule has 1 N–H and O–H groups in total. The topological polar surface area (TPSA) is 51.0 Å². The summed E-state index contributed by atoms with van der Waals surface area (Å²) in [5, 5.41) is 7.22. The lowest BCUT2D eigenvalue weighted by molar-refractivity contribution is 0.363. The zero-order valence-electron chi connectivity index (χ0n) is 11.4. The van der Waals surface area contributed by atoms with Gasteiger partial charge in [0.1, 0.15) is 5.82 Å². The van der Waals surface area contributed by atoms with Crippen LogP contribution in [0.25, 0.3) is 11.4 Å². The molecule has 19 heavy (non-hydrogen) atoms. The molecule has 0 aliphatic carbocycles. The van der Waals surface area contributed by atoms with Gasteiger partial charge in [-0.25, -0.2) is 4.39 Å². The molecular weight excluding hydrogens is 245 g/mol. The Morgan fingerprint density at radius 2 is 2.21 bits per heavy atom. The first-order chi connectivity index (χ1) is 9.10. The maximum atomic E-state index is 13.2. The van der Waals surface area contributed by atoms with Crippen molar-refractivity contribution < 1.29 is 8.91 Å². The number of rotatable bonds is 5. The lowest BCUT2D eigenvalue weighted by Gasteiger charge is -2.07. The van der Waals surface area contributed by atoms with Gasteiger partial charge in [-0.15, -0.1) is 0 Å². The summed E-state index contributed by atoms with van der Waals surface area (Å²) in [5.41, 5.74) is 1.34. The molecule has 4 nitrogen and oxygen atoms in total. The second-order valence-corrected chi connectivity index (χ2v) is 4.64. The van der Waals surface area contributed by atoms with Crippen molar-refractivity contribution in [3.63, 3.8) is 0 Å². The van der Waals surface area contributed by atoms with Crippen molar-refractivity contribution in [1.82, 2.24) is 15.5 Å². The molecule has 1 atom stereocenters. The predicted octanol–water partition coefficient (Wildman–Crippen LogP) is 2.72. The Bertz CT molecular complexity index is 553. The molecule has 1 aromatic carbocycles. The number of nitrogens with zero attached hydrogens (tertiary/aromatic N) is 2. The van der Waals surface area contributed by atoms with E-state index in [0.29, 0.717) is 23.7 Å². The normalized spacial score (nSPS) is 12.6. The SMILES string of the molecule is CCNC(C)Cc1nc(-c2ccc(F)c(C)c2)no1. The molecule has 0 saturated carbocycles. The summed E-state index contributed by atoms with van der Waals surface area (Å²) in [6, 6.07) is 5.08. The van der Waals surface area contributed by atoms with Crippen LogP contribution in [0.4, 0.5) is 4.39 Å². The number of halogens is 1. The number of aromatic nitrogens is 2. The number of hydrogen-bond acceptors (Lipinski definition) is 4. The maximum absolute atomic E-state index is 13.2. The molecule has 102 valence electrons. The lowest BCUT2D eigenvalue weighted by atomic mass is 10.1. The molecular formula is C14H18FN3O. The van der Waals surface area contributed by atoms with Gasteiger partial charge >= 0.3 is 0 Å². The smallest absolute Gasteiger partial charge is 0.228 e. The van der Waals surface area contributed by atoms with Gasteiger partial charge in [0.2, 0.25) is 11.7 Å². The fraction of sp³-hybridized carbons (Fsp3) is 0.429. The van der Waals surface area contributed by atoms with Gasteiger partial charge in [-0.2, -0.15) is 4.98 Å². The van der Waals surface area contributed by atoms with Crippen molar-refractivity contribution in [1.29, 1.82) is 0 Å². The molecule has 0 aliphatic rings. The molecule has 2 rings (SSSR count). The first kappa shape index (κ1) is 13.7. The van der Waals surface area contributed by atoms with Gasteiger partial charge in [-0.1, -0.05) is 12.1 Å². The van der Waals surface area contributed by atoms with Gasteiger partial charge in [0.05, 0.1) is 0 Å². The van der Waals surface area contributed by atoms with Crippen LogP contribution in [-0.2, 0) is 6.42 Å². The van der Waals surface area contributed by atoms with Crippen LogP contribution in [0.15, 0.2) is 22.7 Å². The average molecular weight is 263 g/mol. The molecule has 0 saturated heterocycles. The minimum Gasteiger partial charge on any atom is -0.339 e. The lowest BCUT2D eigenvalue weighted by Crippen LogP contribution is -2.27. The van der Waals surface area contributed by atoms with E-state index >= 15 is 0 Å². The maximum Gasteiger partial charge on any atom is 0.228 e. The molecule has 0 bridgehead atoms. The molecule has 0 radical (unpaired) electrons. The molecule has 0 fully saturated rings. The first-order valence-corrected chi connectivity index (χ1v) is 6.42. The Morgan fingerprint density at radius 3 is 2.89 bits per heavy atom. The van der Waals surface area contributed by atoms with Crippen molar-refractivity contribution >= 4 is 0 Å². The molecule has 0 amide bonds. The van der Waals surface area contributed by atoms with E-state index in [1.54, 1.807) is 19.1 Å². The third kappa shape index (κ3) is 3.38. The summed E-state index contributed by atoms with van der Waals surface area (Å²) in [5.74, 6) is 0.862. The predicted molar refractivity (Wildman–Crippen MR) is 71.3 cm³/mol. The van der Waals surface area contributed by atoms with Gasteiger partial charge < -0.3 is 9.84 Å². The molecule has 0 spiro atoms. The third-order valence-electron chi connectivity index (χ3n) is 2.92. The Kier molecular flexibility index (Phi) is 4.27. The summed E-state index contributed by atoms with van der Waals surface area (Å²) >= 11 is 0. The van der Waals surface area contributed by atoms with Crippen molar-refractivity contribution in [3.05, 3.63) is 35.5 Å². The summed E-state index contributed by atoms with van der Waals surface area (Å²) < 4.78 is 18.4. The van der Waals surface area contributed by atoms with Crippen molar-refractivity contribution in [2.75, 3.05) is 6.54 Å². The molecule has 1 heterocycles. The van der Waals surface area contributed by atoms with Crippen LogP contribution in [0.5, 0.6) is 0 Å². The van der Waals surface area contributed by atoms with Crippen molar-refractivity contribution in [2.45, 2.75) is 33.2 Å². The molecule has 1 aromatic heterocycles. The molecule has 0 aliphatic heterocycles. The monoisotopic (exact) mass is 263 g/mol. The van der Waals surface area contributed by atoms with Gasteiger partial charge in [0, 0.05) is 18.0 Å². The van der Waals surface area contributed by atoms with Crippen LogP contribution in [-0.4, -0.2) is 22.7 Å². The summed E-state index contributed by atoms with van der Waals surface area (Å²) in [7, 11) is 0. The number of hydrogen-bond donors (Lipinski definition) is 1. The Balaban J connectivity index is 2.14. The van der Waals surface area contributed by atoms with Gasteiger partial charge in [0.25, 0.3) is 0 Å².